The monoisotopic (exact) mass is 494 g/mol. The summed E-state index contributed by atoms with van der Waals surface area (Å²) in [6, 6.07) is 11.8. The molecule has 1 amide bonds. The molecule has 1 aliphatic heterocycles. The van der Waals surface area contributed by atoms with E-state index < -0.39 is 12.0 Å². The molecule has 4 heterocycles. The molecule has 35 heavy (non-hydrogen) atoms. The molecule has 0 radical (unpaired) electrons. The summed E-state index contributed by atoms with van der Waals surface area (Å²) < 4.78 is 15.9. The van der Waals surface area contributed by atoms with Crippen LogP contribution >= 0.6 is 11.6 Å². The SMILES string of the molecule is COC(=O)C(c1ccccc1Cl)N1CCN(C(=O)c2cc(-c3ccco3)nc3onc(C)c23)CC1. The van der Waals surface area contributed by atoms with Gasteiger partial charge in [0.1, 0.15) is 11.7 Å². The maximum absolute atomic E-state index is 13.6. The zero-order chi connectivity index (χ0) is 24.5. The Morgan fingerprint density at radius 1 is 1.11 bits per heavy atom. The fraction of sp³-hybridized carbons (Fsp3) is 0.280. The van der Waals surface area contributed by atoms with Gasteiger partial charge in [0.05, 0.1) is 30.0 Å². The summed E-state index contributed by atoms with van der Waals surface area (Å²) >= 11 is 6.39. The molecular weight excluding hydrogens is 472 g/mol. The van der Waals surface area contributed by atoms with Crippen LogP contribution in [-0.2, 0) is 9.53 Å². The second-order valence-electron chi connectivity index (χ2n) is 8.26. The summed E-state index contributed by atoms with van der Waals surface area (Å²) in [6.45, 7) is 3.55. The van der Waals surface area contributed by atoms with Gasteiger partial charge in [0, 0.05) is 31.2 Å². The van der Waals surface area contributed by atoms with E-state index in [1.165, 1.54) is 7.11 Å². The Balaban J connectivity index is 1.41. The van der Waals surface area contributed by atoms with Crippen LogP contribution in [-0.4, -0.2) is 65.1 Å². The zero-order valence-electron chi connectivity index (χ0n) is 19.2. The third kappa shape index (κ3) is 4.28. The van der Waals surface area contributed by atoms with Crippen molar-refractivity contribution < 1.29 is 23.3 Å². The van der Waals surface area contributed by atoms with Crippen LogP contribution in [0.3, 0.4) is 0 Å². The number of nitrogens with zero attached hydrogens (tertiary/aromatic N) is 4. The summed E-state index contributed by atoms with van der Waals surface area (Å²) in [5.74, 6) is -0.0269. The van der Waals surface area contributed by atoms with Gasteiger partial charge in [0.2, 0.25) is 0 Å². The van der Waals surface area contributed by atoms with Crippen molar-refractivity contribution in [3.05, 3.63) is 70.6 Å². The van der Waals surface area contributed by atoms with Crippen molar-refractivity contribution in [3.8, 4) is 11.5 Å². The largest absolute Gasteiger partial charge is 0.468 e. The first-order valence-electron chi connectivity index (χ1n) is 11.1. The molecule has 1 unspecified atom stereocenters. The van der Waals surface area contributed by atoms with E-state index in [-0.39, 0.29) is 11.6 Å². The standard InChI is InChI=1S/C25H23ClN4O5/c1-15-21-17(14-19(20-8-5-13-34-20)27-23(21)35-28-15)24(31)30-11-9-29(10-12-30)22(25(32)33-2)16-6-3-4-7-18(16)26/h3-8,13-14,22H,9-12H2,1-2H3. The van der Waals surface area contributed by atoms with Crippen molar-refractivity contribution >= 4 is 34.6 Å². The first-order valence-corrected chi connectivity index (χ1v) is 11.5. The lowest BCUT2D eigenvalue weighted by Gasteiger charge is -2.38. The topological polar surface area (TPSA) is 102 Å². The Hall–Kier alpha value is -3.69. The van der Waals surface area contributed by atoms with Crippen molar-refractivity contribution in [1.82, 2.24) is 19.9 Å². The van der Waals surface area contributed by atoms with E-state index in [1.807, 2.05) is 23.1 Å². The molecule has 1 aromatic carbocycles. The van der Waals surface area contributed by atoms with Gasteiger partial charge in [0.25, 0.3) is 11.6 Å². The van der Waals surface area contributed by atoms with E-state index in [2.05, 4.69) is 10.1 Å². The van der Waals surface area contributed by atoms with Crippen LogP contribution in [0.25, 0.3) is 22.6 Å². The predicted octanol–water partition coefficient (Wildman–Crippen LogP) is 4.12. The Morgan fingerprint density at radius 3 is 2.57 bits per heavy atom. The van der Waals surface area contributed by atoms with Gasteiger partial charge in [-0.2, -0.15) is 0 Å². The first kappa shape index (κ1) is 23.1. The maximum Gasteiger partial charge on any atom is 0.327 e. The number of aryl methyl sites for hydroxylation is 1. The number of esters is 1. The summed E-state index contributed by atoms with van der Waals surface area (Å²) in [7, 11) is 1.36. The molecule has 1 aliphatic rings. The molecule has 0 bridgehead atoms. The van der Waals surface area contributed by atoms with Crippen LogP contribution in [0.1, 0.15) is 27.7 Å². The number of hydrogen-bond donors (Lipinski definition) is 0. The molecule has 0 spiro atoms. The minimum absolute atomic E-state index is 0.163. The number of carbonyl (C=O) groups excluding carboxylic acids is 2. The fourth-order valence-electron chi connectivity index (χ4n) is 4.45. The highest BCUT2D eigenvalue weighted by Gasteiger charge is 2.34. The van der Waals surface area contributed by atoms with Crippen LogP contribution in [0.2, 0.25) is 5.02 Å². The number of pyridine rings is 1. The first-order chi connectivity index (χ1) is 17.0. The molecule has 1 saturated heterocycles. The number of aromatic nitrogens is 2. The number of furan rings is 1. The van der Waals surface area contributed by atoms with Crippen LogP contribution in [0.5, 0.6) is 0 Å². The van der Waals surface area contributed by atoms with E-state index in [4.69, 9.17) is 25.3 Å². The van der Waals surface area contributed by atoms with Crippen LogP contribution in [0.4, 0.5) is 0 Å². The molecule has 180 valence electrons. The van der Waals surface area contributed by atoms with Gasteiger partial charge in [-0.25, -0.2) is 9.78 Å². The number of methoxy groups -OCH3 is 1. The van der Waals surface area contributed by atoms with E-state index in [0.717, 1.165) is 0 Å². The number of halogens is 1. The summed E-state index contributed by atoms with van der Waals surface area (Å²) in [5, 5.41) is 5.08. The predicted molar refractivity (Wildman–Crippen MR) is 128 cm³/mol. The van der Waals surface area contributed by atoms with Gasteiger partial charge in [0.15, 0.2) is 5.76 Å². The highest BCUT2D eigenvalue weighted by Crippen LogP contribution is 2.31. The minimum Gasteiger partial charge on any atom is -0.468 e. The van der Waals surface area contributed by atoms with Gasteiger partial charge in [-0.05, 0) is 36.8 Å². The molecule has 10 heteroatoms. The molecule has 1 fully saturated rings. The second-order valence-corrected chi connectivity index (χ2v) is 8.66. The van der Waals surface area contributed by atoms with E-state index >= 15 is 0 Å². The highest BCUT2D eigenvalue weighted by molar-refractivity contribution is 6.31. The lowest BCUT2D eigenvalue weighted by molar-refractivity contribution is -0.148. The highest BCUT2D eigenvalue weighted by atomic mass is 35.5. The van der Waals surface area contributed by atoms with Gasteiger partial charge >= 0.3 is 5.97 Å². The number of fused-ring (bicyclic) bond motifs is 1. The third-order valence-corrected chi connectivity index (χ3v) is 6.56. The molecule has 4 aromatic rings. The number of amides is 1. The molecule has 1 atom stereocenters. The molecule has 9 nitrogen and oxygen atoms in total. The Kier molecular flexibility index (Phi) is 6.27. The number of ether oxygens (including phenoxy) is 1. The molecule has 0 N–H and O–H groups in total. The van der Waals surface area contributed by atoms with E-state index in [9.17, 15) is 9.59 Å². The van der Waals surface area contributed by atoms with E-state index in [0.29, 0.717) is 64.9 Å². The van der Waals surface area contributed by atoms with Gasteiger partial charge in [-0.15, -0.1) is 0 Å². The minimum atomic E-state index is -0.649. The van der Waals surface area contributed by atoms with Crippen LogP contribution in [0, 0.1) is 6.92 Å². The van der Waals surface area contributed by atoms with Crippen molar-refractivity contribution in [2.75, 3.05) is 33.3 Å². The Bertz CT molecular complexity index is 1380. The normalized spacial score (nSPS) is 15.3. The average Bonchev–Trinajstić information content (AvgIpc) is 3.55. The van der Waals surface area contributed by atoms with Crippen LogP contribution < -0.4 is 0 Å². The molecule has 5 rings (SSSR count). The summed E-state index contributed by atoms with van der Waals surface area (Å²) in [4.78, 5) is 34.5. The average molecular weight is 495 g/mol. The van der Waals surface area contributed by atoms with Gasteiger partial charge in [-0.1, -0.05) is 35.0 Å². The lowest BCUT2D eigenvalue weighted by atomic mass is 10.0. The Labute approximate surface area is 206 Å². The summed E-state index contributed by atoms with van der Waals surface area (Å²) in [6.07, 6.45) is 1.55. The maximum atomic E-state index is 13.6. The van der Waals surface area contributed by atoms with Gasteiger partial charge < -0.3 is 18.6 Å². The molecule has 0 aliphatic carbocycles. The third-order valence-electron chi connectivity index (χ3n) is 6.21. The second kappa shape index (κ2) is 9.52. The quantitative estimate of drug-likeness (QED) is 0.382. The van der Waals surface area contributed by atoms with Crippen molar-refractivity contribution in [3.63, 3.8) is 0 Å². The Morgan fingerprint density at radius 2 is 1.89 bits per heavy atom. The number of hydrogen-bond acceptors (Lipinski definition) is 8. The zero-order valence-corrected chi connectivity index (χ0v) is 20.0. The van der Waals surface area contributed by atoms with Crippen molar-refractivity contribution in [2.45, 2.75) is 13.0 Å². The smallest absolute Gasteiger partial charge is 0.327 e. The molecule has 0 saturated carbocycles. The number of rotatable bonds is 5. The summed E-state index contributed by atoms with van der Waals surface area (Å²) in [5.41, 5.74) is 2.49. The number of piperazine rings is 1. The van der Waals surface area contributed by atoms with Crippen molar-refractivity contribution in [1.29, 1.82) is 0 Å². The van der Waals surface area contributed by atoms with Crippen molar-refractivity contribution in [2.24, 2.45) is 0 Å². The lowest BCUT2D eigenvalue weighted by Crippen LogP contribution is -2.51. The molecular formula is C25H23ClN4O5. The fourth-order valence-corrected chi connectivity index (χ4v) is 4.69. The number of benzene rings is 1. The van der Waals surface area contributed by atoms with Gasteiger partial charge in [-0.3, -0.25) is 9.69 Å². The molecule has 3 aromatic heterocycles. The van der Waals surface area contributed by atoms with Crippen LogP contribution in [0.15, 0.2) is 57.7 Å². The number of carbonyl (C=O) groups is 2. The van der Waals surface area contributed by atoms with E-state index in [1.54, 1.807) is 42.4 Å².